The standard InChI is InChI=1S/C12H10ClNO2S/c13-10-3-8(4-11-12(10)16-7-15-11)5-14-9-1-2-17-6-9/h1-4,6,14H,5,7H2. The van der Waals surface area contributed by atoms with Gasteiger partial charge in [-0.05, 0) is 29.1 Å². The fourth-order valence-corrected chi connectivity index (χ4v) is 2.59. The number of benzene rings is 1. The third-order valence-electron chi connectivity index (χ3n) is 2.50. The predicted octanol–water partition coefficient (Wildman–Crippen LogP) is 3.74. The molecule has 1 aliphatic rings. The highest BCUT2D eigenvalue weighted by molar-refractivity contribution is 7.08. The number of nitrogens with one attached hydrogen (secondary N) is 1. The number of rotatable bonds is 3. The summed E-state index contributed by atoms with van der Waals surface area (Å²) >= 11 is 7.77. The van der Waals surface area contributed by atoms with Crippen LogP contribution in [0.4, 0.5) is 5.69 Å². The smallest absolute Gasteiger partial charge is 0.231 e. The van der Waals surface area contributed by atoms with Gasteiger partial charge in [0.15, 0.2) is 11.5 Å². The topological polar surface area (TPSA) is 30.5 Å². The van der Waals surface area contributed by atoms with E-state index < -0.39 is 0 Å². The first-order valence-electron chi connectivity index (χ1n) is 5.17. The van der Waals surface area contributed by atoms with Crippen molar-refractivity contribution in [1.29, 1.82) is 0 Å². The Balaban J connectivity index is 1.78. The number of ether oxygens (including phenoxy) is 2. The van der Waals surface area contributed by atoms with Crippen LogP contribution in [-0.4, -0.2) is 6.79 Å². The lowest BCUT2D eigenvalue weighted by molar-refractivity contribution is 0.174. The van der Waals surface area contributed by atoms with E-state index in [2.05, 4.69) is 10.7 Å². The lowest BCUT2D eigenvalue weighted by Crippen LogP contribution is -1.98. The van der Waals surface area contributed by atoms with Crippen molar-refractivity contribution >= 4 is 28.6 Å². The van der Waals surface area contributed by atoms with Crippen molar-refractivity contribution in [2.75, 3.05) is 12.1 Å². The molecule has 0 unspecified atom stereocenters. The van der Waals surface area contributed by atoms with Gasteiger partial charge in [0.05, 0.1) is 5.02 Å². The zero-order chi connectivity index (χ0) is 11.7. The lowest BCUT2D eigenvalue weighted by Gasteiger charge is -2.06. The predicted molar refractivity (Wildman–Crippen MR) is 69.2 cm³/mol. The molecule has 0 saturated carbocycles. The Morgan fingerprint density at radius 3 is 3.12 bits per heavy atom. The highest BCUT2D eigenvalue weighted by atomic mass is 35.5. The Bertz CT molecular complexity index is 528. The number of hydrogen-bond donors (Lipinski definition) is 1. The Labute approximate surface area is 108 Å². The Morgan fingerprint density at radius 2 is 2.29 bits per heavy atom. The van der Waals surface area contributed by atoms with Gasteiger partial charge in [-0.1, -0.05) is 11.6 Å². The van der Waals surface area contributed by atoms with Gasteiger partial charge in [-0.25, -0.2) is 0 Å². The third-order valence-corrected chi connectivity index (χ3v) is 3.47. The zero-order valence-electron chi connectivity index (χ0n) is 8.90. The van der Waals surface area contributed by atoms with Gasteiger partial charge in [-0.3, -0.25) is 0 Å². The maximum Gasteiger partial charge on any atom is 0.231 e. The Kier molecular flexibility index (Phi) is 2.82. The molecule has 1 N–H and O–H groups in total. The summed E-state index contributed by atoms with van der Waals surface area (Å²) in [5, 5.41) is 8.01. The summed E-state index contributed by atoms with van der Waals surface area (Å²) in [4.78, 5) is 0. The quantitative estimate of drug-likeness (QED) is 0.919. The minimum atomic E-state index is 0.246. The number of hydrogen-bond acceptors (Lipinski definition) is 4. The molecular formula is C12H10ClNO2S. The molecular weight excluding hydrogens is 258 g/mol. The maximum atomic E-state index is 6.10. The van der Waals surface area contributed by atoms with E-state index in [1.807, 2.05) is 23.6 Å². The third kappa shape index (κ3) is 2.18. The molecule has 2 heterocycles. The molecule has 0 aliphatic carbocycles. The van der Waals surface area contributed by atoms with E-state index in [0.717, 1.165) is 17.0 Å². The summed E-state index contributed by atoms with van der Waals surface area (Å²) in [7, 11) is 0. The van der Waals surface area contributed by atoms with Crippen LogP contribution in [0, 0.1) is 0 Å². The molecule has 3 nitrogen and oxygen atoms in total. The number of fused-ring (bicyclic) bond motifs is 1. The van der Waals surface area contributed by atoms with E-state index in [9.17, 15) is 0 Å². The van der Waals surface area contributed by atoms with Crippen molar-refractivity contribution in [3.05, 3.63) is 39.5 Å². The molecule has 0 atom stereocenters. The molecule has 0 amide bonds. The van der Waals surface area contributed by atoms with Gasteiger partial charge in [-0.15, -0.1) is 0 Å². The summed E-state index contributed by atoms with van der Waals surface area (Å²) < 4.78 is 10.6. The molecule has 3 rings (SSSR count). The van der Waals surface area contributed by atoms with Gasteiger partial charge in [0.25, 0.3) is 0 Å². The monoisotopic (exact) mass is 267 g/mol. The van der Waals surface area contributed by atoms with Crippen LogP contribution in [0.5, 0.6) is 11.5 Å². The van der Waals surface area contributed by atoms with Crippen LogP contribution >= 0.6 is 22.9 Å². The lowest BCUT2D eigenvalue weighted by atomic mass is 10.2. The second-order valence-corrected chi connectivity index (χ2v) is 4.86. The molecule has 88 valence electrons. The maximum absolute atomic E-state index is 6.10. The van der Waals surface area contributed by atoms with Crippen LogP contribution in [0.3, 0.4) is 0 Å². The van der Waals surface area contributed by atoms with Crippen LogP contribution in [0.2, 0.25) is 5.02 Å². The largest absolute Gasteiger partial charge is 0.454 e. The molecule has 2 aromatic rings. The highest BCUT2D eigenvalue weighted by Crippen LogP contribution is 2.39. The van der Waals surface area contributed by atoms with Crippen molar-refractivity contribution < 1.29 is 9.47 Å². The van der Waals surface area contributed by atoms with E-state index in [-0.39, 0.29) is 6.79 Å². The second-order valence-electron chi connectivity index (χ2n) is 3.68. The van der Waals surface area contributed by atoms with Gasteiger partial charge in [-0.2, -0.15) is 11.3 Å². The van der Waals surface area contributed by atoms with Crippen LogP contribution in [0.25, 0.3) is 0 Å². The molecule has 0 spiro atoms. The van der Waals surface area contributed by atoms with Crippen molar-refractivity contribution in [1.82, 2.24) is 0 Å². The first kappa shape index (κ1) is 10.7. The van der Waals surface area contributed by atoms with Gasteiger partial charge in [0.1, 0.15) is 0 Å². The summed E-state index contributed by atoms with van der Waals surface area (Å²) in [5.41, 5.74) is 2.19. The van der Waals surface area contributed by atoms with E-state index in [4.69, 9.17) is 21.1 Å². The summed E-state index contributed by atoms with van der Waals surface area (Å²) in [5.74, 6) is 1.37. The van der Waals surface area contributed by atoms with E-state index >= 15 is 0 Å². The van der Waals surface area contributed by atoms with Gasteiger partial charge in [0.2, 0.25) is 6.79 Å². The van der Waals surface area contributed by atoms with Crippen LogP contribution < -0.4 is 14.8 Å². The van der Waals surface area contributed by atoms with Gasteiger partial charge < -0.3 is 14.8 Å². The van der Waals surface area contributed by atoms with Crippen molar-refractivity contribution in [3.8, 4) is 11.5 Å². The molecule has 0 radical (unpaired) electrons. The minimum Gasteiger partial charge on any atom is -0.454 e. The first-order valence-corrected chi connectivity index (χ1v) is 6.49. The van der Waals surface area contributed by atoms with Crippen molar-refractivity contribution in [2.45, 2.75) is 6.54 Å². The van der Waals surface area contributed by atoms with E-state index in [0.29, 0.717) is 17.3 Å². The molecule has 17 heavy (non-hydrogen) atoms. The summed E-state index contributed by atoms with van der Waals surface area (Å²) in [6.07, 6.45) is 0. The van der Waals surface area contributed by atoms with Crippen LogP contribution in [0.1, 0.15) is 5.56 Å². The molecule has 0 fully saturated rings. The van der Waals surface area contributed by atoms with Crippen molar-refractivity contribution in [3.63, 3.8) is 0 Å². The van der Waals surface area contributed by atoms with E-state index in [1.54, 1.807) is 11.3 Å². The van der Waals surface area contributed by atoms with Crippen LogP contribution in [-0.2, 0) is 6.54 Å². The average Bonchev–Trinajstić information content (AvgIpc) is 2.97. The SMILES string of the molecule is Clc1cc(CNc2ccsc2)cc2c1OCO2. The summed E-state index contributed by atoms with van der Waals surface area (Å²) in [6, 6.07) is 5.89. The van der Waals surface area contributed by atoms with Gasteiger partial charge in [0, 0.05) is 17.6 Å². The minimum absolute atomic E-state index is 0.246. The molecule has 1 aromatic carbocycles. The Hall–Kier alpha value is -1.39. The number of anilines is 1. The molecule has 1 aliphatic heterocycles. The highest BCUT2D eigenvalue weighted by Gasteiger charge is 2.17. The molecule has 1 aromatic heterocycles. The molecule has 0 bridgehead atoms. The van der Waals surface area contributed by atoms with Crippen molar-refractivity contribution in [2.24, 2.45) is 0 Å². The average molecular weight is 268 g/mol. The Morgan fingerprint density at radius 1 is 1.35 bits per heavy atom. The molecule has 5 heteroatoms. The first-order chi connectivity index (χ1) is 8.33. The second kappa shape index (κ2) is 4.47. The number of halogens is 1. The van der Waals surface area contributed by atoms with Gasteiger partial charge >= 0.3 is 0 Å². The van der Waals surface area contributed by atoms with E-state index in [1.165, 1.54) is 0 Å². The fraction of sp³-hybridized carbons (Fsp3) is 0.167. The fourth-order valence-electron chi connectivity index (χ4n) is 1.69. The summed E-state index contributed by atoms with van der Waals surface area (Å²) in [6.45, 7) is 0.962. The molecule has 0 saturated heterocycles. The normalized spacial score (nSPS) is 12.8. The number of thiophene rings is 1. The van der Waals surface area contributed by atoms with Crippen LogP contribution in [0.15, 0.2) is 29.0 Å². The zero-order valence-corrected chi connectivity index (χ0v) is 10.5.